The van der Waals surface area contributed by atoms with Crippen molar-refractivity contribution in [3.05, 3.63) is 13.0 Å². The summed E-state index contributed by atoms with van der Waals surface area (Å²) in [6, 6.07) is 0. The summed E-state index contributed by atoms with van der Waals surface area (Å²) in [5.74, 6) is 1.20. The van der Waals surface area contributed by atoms with Gasteiger partial charge in [0.05, 0.1) is 12.2 Å². The van der Waals surface area contributed by atoms with Crippen molar-refractivity contribution in [3.63, 3.8) is 0 Å². The molecule has 2 bridgehead atoms. The second kappa shape index (κ2) is 10.8. The van der Waals surface area contributed by atoms with Gasteiger partial charge in [0, 0.05) is 27.9 Å². The third-order valence-corrected chi connectivity index (χ3v) is 5.48. The Labute approximate surface area is 172 Å². The minimum Gasteiger partial charge on any atom is -0.543 e. The second-order valence-corrected chi connectivity index (χ2v) is 7.08. The van der Waals surface area contributed by atoms with E-state index in [0.717, 1.165) is 6.61 Å². The van der Waals surface area contributed by atoms with Gasteiger partial charge in [-0.25, -0.2) is 0 Å². The maximum atomic E-state index is 6.90. The van der Waals surface area contributed by atoms with E-state index in [-0.39, 0.29) is 45.0 Å². The fourth-order valence-corrected chi connectivity index (χ4v) is 3.40. The van der Waals surface area contributed by atoms with Gasteiger partial charge in [0.25, 0.3) is 0 Å². The number of rotatable bonds is 5. The van der Waals surface area contributed by atoms with Crippen molar-refractivity contribution in [2.75, 3.05) is 34.5 Å². The van der Waals surface area contributed by atoms with Crippen LogP contribution in [0.15, 0.2) is 0 Å². The number of hydrogen-bond acceptors (Lipinski definition) is 7. The van der Waals surface area contributed by atoms with E-state index in [9.17, 15) is 0 Å². The molecule has 5 unspecified atom stereocenters. The molecule has 0 saturated carbocycles. The van der Waals surface area contributed by atoms with E-state index in [1.165, 1.54) is 7.11 Å². The number of methoxy groups -OCH3 is 3. The number of ether oxygens (including phenoxy) is 6. The van der Waals surface area contributed by atoms with Crippen LogP contribution in [-0.4, -0.2) is 77.4 Å². The van der Waals surface area contributed by atoms with Crippen LogP contribution in [0.2, 0.25) is 0 Å². The van der Waals surface area contributed by atoms with Gasteiger partial charge in [-0.3, -0.25) is 6.42 Å². The molecule has 0 spiro atoms. The summed E-state index contributed by atoms with van der Waals surface area (Å²) in [4.78, 5) is 0. The van der Waals surface area contributed by atoms with Crippen LogP contribution in [0.4, 0.5) is 0 Å². The summed E-state index contributed by atoms with van der Waals surface area (Å²) in [6.45, 7) is 9.60. The van der Waals surface area contributed by atoms with Gasteiger partial charge in [-0.1, -0.05) is 13.8 Å². The van der Waals surface area contributed by atoms with Crippen molar-refractivity contribution in [2.24, 2.45) is 11.8 Å². The SMILES string of the molecule is C[C@@H]1C2[CH-]OC(C)(CO2)[C@H]1C.[3H]O[C@H]1OC(COC)[CH-]C(OC)C1OC.[W+2]. The molecule has 0 aliphatic carbocycles. The molecular weight excluding hydrogens is 512 g/mol. The van der Waals surface area contributed by atoms with Crippen molar-refractivity contribution < 1.29 is 54.6 Å². The monoisotopic (exact) mass is 546 g/mol. The fraction of sp³-hybridized carbons (Fsp3) is 0.889. The molecule has 152 valence electrons. The summed E-state index contributed by atoms with van der Waals surface area (Å²) in [5.41, 5.74) is -0.0613. The van der Waals surface area contributed by atoms with E-state index in [1.54, 1.807) is 14.2 Å². The molecule has 4 fully saturated rings. The normalized spacial score (nSPS) is 45.2. The smallest absolute Gasteiger partial charge is 0.543 e. The molecule has 0 aromatic heterocycles. The molecule has 0 aromatic rings. The Morgan fingerprint density at radius 2 is 2.00 bits per heavy atom. The van der Waals surface area contributed by atoms with Crippen molar-refractivity contribution in [1.29, 1.82) is 1.43 Å². The minimum atomic E-state index is -0.759. The summed E-state index contributed by atoms with van der Waals surface area (Å²) >= 11 is 0. The quantitative estimate of drug-likeness (QED) is 0.520. The van der Waals surface area contributed by atoms with Gasteiger partial charge < -0.3 is 33.5 Å². The van der Waals surface area contributed by atoms with E-state index in [1.807, 2.05) is 13.0 Å². The Hall–Kier alpha value is 0.408. The fourth-order valence-electron chi connectivity index (χ4n) is 3.40. The molecule has 4 rings (SSSR count). The predicted molar refractivity (Wildman–Crippen MR) is 90.5 cm³/mol. The van der Waals surface area contributed by atoms with Gasteiger partial charge in [-0.2, -0.15) is 6.61 Å². The summed E-state index contributed by atoms with van der Waals surface area (Å²) in [7, 11) is 4.68. The molecular formula is C18H32O7W. The first-order valence-electron chi connectivity index (χ1n) is 9.10. The summed E-state index contributed by atoms with van der Waals surface area (Å²) in [6.07, 6.45) is 0.367. The average Bonchev–Trinajstić information content (AvgIpc) is 2.66. The van der Waals surface area contributed by atoms with Crippen LogP contribution in [-0.2, 0) is 49.5 Å². The average molecular weight is 546 g/mol. The number of hydrogen-bond donors (Lipinski definition) is 1. The van der Waals surface area contributed by atoms with Crippen LogP contribution in [0.3, 0.4) is 0 Å². The van der Waals surface area contributed by atoms with Crippen molar-refractivity contribution >= 4 is 0 Å². The molecule has 0 aromatic carbocycles. The van der Waals surface area contributed by atoms with Gasteiger partial charge in [-0.05, 0) is 37.1 Å². The molecule has 8 heteroatoms. The minimum absolute atomic E-state index is 0. The van der Waals surface area contributed by atoms with E-state index in [4.69, 9.17) is 29.9 Å². The van der Waals surface area contributed by atoms with Crippen LogP contribution < -0.4 is 0 Å². The van der Waals surface area contributed by atoms with Crippen LogP contribution in [0.25, 0.3) is 0 Å². The first-order chi connectivity index (χ1) is 12.4. The zero-order chi connectivity index (χ0) is 19.3. The van der Waals surface area contributed by atoms with Gasteiger partial charge >= 0.3 is 21.1 Å². The number of aliphatic hydroxyl groups is 1. The van der Waals surface area contributed by atoms with Crippen LogP contribution in [0.1, 0.15) is 20.8 Å². The molecule has 8 atom stereocenters. The van der Waals surface area contributed by atoms with Gasteiger partial charge in [0.1, 0.15) is 6.10 Å². The maximum absolute atomic E-state index is 6.90. The molecule has 0 amide bonds. The predicted octanol–water partition coefficient (Wildman–Crippen LogP) is 1.19. The van der Waals surface area contributed by atoms with Gasteiger partial charge in [0.15, 0.2) is 6.29 Å². The first kappa shape index (κ1) is 22.7. The Morgan fingerprint density at radius 1 is 1.27 bits per heavy atom. The van der Waals surface area contributed by atoms with Crippen LogP contribution in [0, 0.1) is 24.9 Å². The second-order valence-electron chi connectivity index (χ2n) is 7.08. The standard InChI is InChI=1S/C9H17O5.C9H15O2.W/c1-11-5-6-4-7(12-2)8(13-3)9(10)14-6;1-6-7(2)9(3)5-10-8(6)4-11-9;/h4,6-10H,5H2,1-3H3;4,6-8H,5H2,1-3H3;/q2*-1;+2/t6?,7?,8?,9-;6-,7-,8?,9?;/m00./s1/i10T;;. The van der Waals surface area contributed by atoms with Gasteiger partial charge in [0.2, 0.25) is 1.43 Å². The Morgan fingerprint density at radius 3 is 2.42 bits per heavy atom. The molecule has 4 aliphatic heterocycles. The molecule has 4 aliphatic rings. The van der Waals surface area contributed by atoms with E-state index < -0.39 is 12.4 Å². The Kier molecular flexibility index (Phi) is 9.44. The van der Waals surface area contributed by atoms with E-state index in [0.29, 0.717) is 18.4 Å². The van der Waals surface area contributed by atoms with E-state index in [2.05, 4.69) is 25.9 Å². The molecule has 4 saturated heterocycles. The van der Waals surface area contributed by atoms with Crippen molar-refractivity contribution in [2.45, 2.75) is 57.1 Å². The Balaban J connectivity index is 0.000000270. The summed E-state index contributed by atoms with van der Waals surface area (Å²) < 4.78 is 38.8. The molecule has 4 heterocycles. The maximum Gasteiger partial charge on any atom is 2.00 e. The van der Waals surface area contributed by atoms with E-state index >= 15 is 0 Å². The number of aliphatic hydroxyl groups excluding tert-OH is 1. The Bertz CT molecular complexity index is 409. The summed E-state index contributed by atoms with van der Waals surface area (Å²) in [5, 5.41) is 4.45. The van der Waals surface area contributed by atoms with Gasteiger partial charge in [-0.15, -0.1) is 0 Å². The molecule has 7 nitrogen and oxygen atoms in total. The topological polar surface area (TPSA) is 75.6 Å². The van der Waals surface area contributed by atoms with Crippen LogP contribution >= 0.6 is 0 Å². The third kappa shape index (κ3) is 5.48. The molecule has 0 radical (unpaired) electrons. The van der Waals surface area contributed by atoms with Crippen LogP contribution in [0.5, 0.6) is 0 Å². The first-order valence-corrected chi connectivity index (χ1v) is 8.69. The molecule has 26 heavy (non-hydrogen) atoms. The number of fused-ring (bicyclic) bond motifs is 3. The largest absolute Gasteiger partial charge is 2.00 e. The van der Waals surface area contributed by atoms with Crippen molar-refractivity contribution in [1.82, 2.24) is 0 Å². The van der Waals surface area contributed by atoms with Crippen molar-refractivity contribution in [3.8, 4) is 0 Å². The zero-order valence-electron chi connectivity index (χ0n) is 17.4. The zero-order valence-corrected chi connectivity index (χ0v) is 19.3. The third-order valence-electron chi connectivity index (χ3n) is 5.48. The molecule has 1 N–H and O–H groups in total.